The van der Waals surface area contributed by atoms with Gasteiger partial charge in [-0.25, -0.2) is 9.97 Å². The van der Waals surface area contributed by atoms with Crippen LogP contribution in [0.2, 0.25) is 5.28 Å². The maximum absolute atomic E-state index is 10.7. The molecule has 20 heavy (non-hydrogen) atoms. The zero-order chi connectivity index (χ0) is 14.0. The molecule has 0 unspecified atom stereocenters. The van der Waals surface area contributed by atoms with Crippen molar-refractivity contribution in [3.8, 4) is 0 Å². The lowest BCUT2D eigenvalue weighted by Crippen LogP contribution is -2.36. The van der Waals surface area contributed by atoms with E-state index in [0.717, 1.165) is 41.7 Å². The molecule has 4 nitrogen and oxygen atoms in total. The van der Waals surface area contributed by atoms with Crippen molar-refractivity contribution in [2.45, 2.75) is 44.1 Å². The molecule has 1 fully saturated rings. The lowest BCUT2D eigenvalue weighted by molar-refractivity contribution is 0.0381. The fraction of sp³-hybridized carbons (Fsp3) is 0.571. The van der Waals surface area contributed by atoms with Crippen molar-refractivity contribution in [2.24, 2.45) is 0 Å². The van der Waals surface area contributed by atoms with Crippen LogP contribution in [0.4, 0.5) is 5.82 Å². The fourth-order valence-electron chi connectivity index (χ4n) is 2.78. The van der Waals surface area contributed by atoms with Gasteiger partial charge >= 0.3 is 0 Å². The van der Waals surface area contributed by atoms with Crippen LogP contribution in [0.5, 0.6) is 0 Å². The summed E-state index contributed by atoms with van der Waals surface area (Å²) in [7, 11) is 0. The molecule has 1 aliphatic carbocycles. The third-order valence-corrected chi connectivity index (χ3v) is 4.89. The topological polar surface area (TPSA) is 58.0 Å². The highest BCUT2D eigenvalue weighted by Gasteiger charge is 2.28. The van der Waals surface area contributed by atoms with Gasteiger partial charge in [0.15, 0.2) is 0 Å². The summed E-state index contributed by atoms with van der Waals surface area (Å²) in [5, 5.41) is 17.1. The highest BCUT2D eigenvalue weighted by atomic mass is 35.5. The van der Waals surface area contributed by atoms with Gasteiger partial charge in [-0.05, 0) is 35.9 Å². The summed E-state index contributed by atoms with van der Waals surface area (Å²) >= 11 is 7.49. The van der Waals surface area contributed by atoms with Gasteiger partial charge in [-0.1, -0.05) is 25.7 Å². The average Bonchev–Trinajstić information content (AvgIpc) is 2.78. The van der Waals surface area contributed by atoms with Gasteiger partial charge in [-0.3, -0.25) is 0 Å². The van der Waals surface area contributed by atoms with Crippen molar-refractivity contribution < 1.29 is 5.11 Å². The molecule has 0 atom stereocenters. The first kappa shape index (κ1) is 14.0. The lowest BCUT2D eigenvalue weighted by Gasteiger charge is -2.27. The van der Waals surface area contributed by atoms with Gasteiger partial charge in [0.25, 0.3) is 0 Å². The average molecular weight is 312 g/mol. The molecule has 108 valence electrons. The molecule has 2 aromatic heterocycles. The first-order valence-electron chi connectivity index (χ1n) is 7.03. The van der Waals surface area contributed by atoms with Crippen LogP contribution in [0.3, 0.4) is 0 Å². The SMILES string of the molecule is OC1(CNc2nc(Cl)nc3sccc23)CCCCCC1. The van der Waals surface area contributed by atoms with Gasteiger partial charge in [0.05, 0.1) is 11.0 Å². The van der Waals surface area contributed by atoms with E-state index < -0.39 is 5.60 Å². The van der Waals surface area contributed by atoms with Crippen LogP contribution in [0.15, 0.2) is 11.4 Å². The van der Waals surface area contributed by atoms with Gasteiger partial charge in [-0.2, -0.15) is 0 Å². The van der Waals surface area contributed by atoms with Crippen LogP contribution in [0.25, 0.3) is 10.2 Å². The van der Waals surface area contributed by atoms with Gasteiger partial charge in [0, 0.05) is 6.54 Å². The van der Waals surface area contributed by atoms with E-state index >= 15 is 0 Å². The van der Waals surface area contributed by atoms with Crippen molar-refractivity contribution >= 4 is 39.0 Å². The molecule has 3 rings (SSSR count). The molecule has 2 N–H and O–H groups in total. The van der Waals surface area contributed by atoms with Gasteiger partial charge < -0.3 is 10.4 Å². The fourth-order valence-corrected chi connectivity index (χ4v) is 3.76. The highest BCUT2D eigenvalue weighted by molar-refractivity contribution is 7.16. The molecule has 0 radical (unpaired) electrons. The van der Waals surface area contributed by atoms with Crippen LogP contribution >= 0.6 is 22.9 Å². The molecule has 2 aromatic rings. The highest BCUT2D eigenvalue weighted by Crippen LogP contribution is 2.30. The van der Waals surface area contributed by atoms with Crippen molar-refractivity contribution in [3.05, 3.63) is 16.7 Å². The molecule has 2 heterocycles. The van der Waals surface area contributed by atoms with Gasteiger partial charge in [0.1, 0.15) is 10.6 Å². The molecule has 0 saturated heterocycles. The Labute approximate surface area is 127 Å². The van der Waals surface area contributed by atoms with Gasteiger partial charge in [0.2, 0.25) is 5.28 Å². The Kier molecular flexibility index (Phi) is 4.10. The van der Waals surface area contributed by atoms with Crippen molar-refractivity contribution in [1.82, 2.24) is 9.97 Å². The molecular formula is C14H18ClN3OS. The van der Waals surface area contributed by atoms with Crippen LogP contribution in [-0.2, 0) is 0 Å². The first-order chi connectivity index (χ1) is 9.66. The largest absolute Gasteiger partial charge is 0.388 e. The third kappa shape index (κ3) is 3.05. The monoisotopic (exact) mass is 311 g/mol. The zero-order valence-corrected chi connectivity index (χ0v) is 12.8. The number of thiophene rings is 1. The van der Waals surface area contributed by atoms with Gasteiger partial charge in [-0.15, -0.1) is 11.3 Å². The van der Waals surface area contributed by atoms with Crippen LogP contribution < -0.4 is 5.32 Å². The Morgan fingerprint density at radius 1 is 1.25 bits per heavy atom. The number of aromatic nitrogens is 2. The molecular weight excluding hydrogens is 294 g/mol. The molecule has 0 aliphatic heterocycles. The molecule has 1 aliphatic rings. The van der Waals surface area contributed by atoms with E-state index in [2.05, 4.69) is 15.3 Å². The molecule has 0 spiro atoms. The van der Waals surface area contributed by atoms with E-state index in [-0.39, 0.29) is 5.28 Å². The summed E-state index contributed by atoms with van der Waals surface area (Å²) in [5.74, 6) is 0.721. The van der Waals surface area contributed by atoms with E-state index in [9.17, 15) is 5.11 Å². The minimum atomic E-state index is -0.629. The number of aliphatic hydroxyl groups is 1. The summed E-state index contributed by atoms with van der Waals surface area (Å²) in [5.41, 5.74) is -0.629. The number of anilines is 1. The first-order valence-corrected chi connectivity index (χ1v) is 8.29. The smallest absolute Gasteiger partial charge is 0.225 e. The number of hydrogen-bond acceptors (Lipinski definition) is 5. The summed E-state index contributed by atoms with van der Waals surface area (Å²) in [6.07, 6.45) is 6.33. The van der Waals surface area contributed by atoms with E-state index in [1.165, 1.54) is 12.8 Å². The van der Waals surface area contributed by atoms with E-state index in [1.807, 2.05) is 11.4 Å². The quantitative estimate of drug-likeness (QED) is 0.668. The second kappa shape index (κ2) is 5.84. The Bertz CT molecular complexity index is 593. The number of nitrogens with one attached hydrogen (secondary N) is 1. The predicted octanol–water partition coefficient (Wildman–Crippen LogP) is 3.84. The lowest BCUT2D eigenvalue weighted by atomic mass is 9.94. The number of fused-ring (bicyclic) bond motifs is 1. The maximum atomic E-state index is 10.7. The molecule has 0 aromatic carbocycles. The minimum Gasteiger partial charge on any atom is -0.388 e. The normalized spacial score (nSPS) is 18.9. The summed E-state index contributed by atoms with van der Waals surface area (Å²) in [4.78, 5) is 9.32. The molecule has 1 saturated carbocycles. The van der Waals surface area contributed by atoms with Crippen molar-refractivity contribution in [3.63, 3.8) is 0 Å². The number of halogens is 1. The van der Waals surface area contributed by atoms with Crippen molar-refractivity contribution in [1.29, 1.82) is 0 Å². The van der Waals surface area contributed by atoms with E-state index in [0.29, 0.717) is 6.54 Å². The standard InChI is InChI=1S/C14H18ClN3OS/c15-13-17-11(10-5-8-20-12(10)18-13)16-9-14(19)6-3-1-2-4-7-14/h5,8,19H,1-4,6-7,9H2,(H,16,17,18). The van der Waals surface area contributed by atoms with E-state index in [1.54, 1.807) is 11.3 Å². The molecule has 0 amide bonds. The van der Waals surface area contributed by atoms with Crippen LogP contribution in [0, 0.1) is 0 Å². The third-order valence-electron chi connectivity index (χ3n) is 3.92. The Hall–Kier alpha value is -0.910. The summed E-state index contributed by atoms with van der Waals surface area (Å²) in [6, 6.07) is 1.98. The second-order valence-electron chi connectivity index (χ2n) is 5.47. The van der Waals surface area contributed by atoms with E-state index in [4.69, 9.17) is 11.6 Å². The van der Waals surface area contributed by atoms with Crippen molar-refractivity contribution in [2.75, 3.05) is 11.9 Å². The summed E-state index contributed by atoms with van der Waals surface area (Å²) < 4.78 is 0. The van der Waals surface area contributed by atoms with Crippen LogP contribution in [-0.4, -0.2) is 27.2 Å². The molecule has 0 bridgehead atoms. The maximum Gasteiger partial charge on any atom is 0.225 e. The number of hydrogen-bond donors (Lipinski definition) is 2. The number of nitrogens with zero attached hydrogens (tertiary/aromatic N) is 2. The Balaban J connectivity index is 1.77. The Morgan fingerprint density at radius 3 is 2.75 bits per heavy atom. The summed E-state index contributed by atoms with van der Waals surface area (Å²) in [6.45, 7) is 0.519. The zero-order valence-electron chi connectivity index (χ0n) is 11.2. The molecule has 6 heteroatoms. The van der Waals surface area contributed by atoms with Crippen LogP contribution in [0.1, 0.15) is 38.5 Å². The predicted molar refractivity (Wildman–Crippen MR) is 83.6 cm³/mol. The second-order valence-corrected chi connectivity index (χ2v) is 6.71. The number of rotatable bonds is 3. The minimum absolute atomic E-state index is 0.246. The Morgan fingerprint density at radius 2 is 2.00 bits per heavy atom.